The first-order chi connectivity index (χ1) is 13.5. The number of nitrogens with one attached hydrogen (secondary N) is 2. The minimum absolute atomic E-state index is 0.102. The van der Waals surface area contributed by atoms with Crippen molar-refractivity contribution in [3.63, 3.8) is 0 Å². The predicted molar refractivity (Wildman–Crippen MR) is 109 cm³/mol. The molecule has 4 rings (SSSR count). The maximum absolute atomic E-state index is 13.3. The quantitative estimate of drug-likeness (QED) is 0.584. The third-order valence-corrected chi connectivity index (χ3v) is 5.99. The van der Waals surface area contributed by atoms with Crippen LogP contribution in [0.3, 0.4) is 0 Å². The summed E-state index contributed by atoms with van der Waals surface area (Å²) in [6.45, 7) is 7.59. The molecule has 2 bridgehead atoms. The zero-order chi connectivity index (χ0) is 21.1. The van der Waals surface area contributed by atoms with Crippen LogP contribution in [0.2, 0.25) is 5.02 Å². The van der Waals surface area contributed by atoms with Gasteiger partial charge in [0.25, 0.3) is 0 Å². The van der Waals surface area contributed by atoms with E-state index in [1.54, 1.807) is 30.4 Å². The predicted octanol–water partition coefficient (Wildman–Crippen LogP) is 2.56. The Balaban J connectivity index is 1.58. The van der Waals surface area contributed by atoms with Gasteiger partial charge in [0.15, 0.2) is 0 Å². The average Bonchev–Trinajstić information content (AvgIpc) is 3.25. The minimum atomic E-state index is -1.03. The molecule has 1 aromatic rings. The van der Waals surface area contributed by atoms with E-state index in [1.807, 2.05) is 27.7 Å². The molecule has 3 aliphatic heterocycles. The molecule has 0 aromatic heterocycles. The summed E-state index contributed by atoms with van der Waals surface area (Å²) in [5.41, 5.74) is -0.0981. The Morgan fingerprint density at radius 1 is 1.28 bits per heavy atom. The number of anilines is 1. The Hall–Kier alpha value is -2.38. The summed E-state index contributed by atoms with van der Waals surface area (Å²) >= 11 is 6.20. The second-order valence-corrected chi connectivity index (χ2v) is 9.31. The molecule has 2 fully saturated rings. The van der Waals surface area contributed by atoms with Gasteiger partial charge in [0.1, 0.15) is 5.60 Å². The van der Waals surface area contributed by atoms with Crippen molar-refractivity contribution >= 4 is 35.1 Å². The number of nitrogens with zero attached hydrogens (tertiary/aromatic N) is 1. The Labute approximate surface area is 174 Å². The van der Waals surface area contributed by atoms with Crippen LogP contribution in [-0.2, 0) is 14.3 Å². The molecule has 4 unspecified atom stereocenters. The molecule has 0 aliphatic carbocycles. The highest BCUT2D eigenvalue weighted by Gasteiger charge is 2.67. The lowest BCUT2D eigenvalue weighted by Gasteiger charge is -2.30. The number of ether oxygens (including phenoxy) is 1. The standard InChI is InChI=1S/C21H24ClN3O4/c1-11-5-6-12(9-13(11)22)25-17(26)15-14-7-8-21(29-14,16(15)18(25)27)10-23-19(28)24-20(2,3)4/h5-9,14-16H,10H2,1-4H3,(H2,23,24,28). The molecule has 3 heterocycles. The van der Waals surface area contributed by atoms with Crippen LogP contribution in [0.25, 0.3) is 0 Å². The van der Waals surface area contributed by atoms with Gasteiger partial charge in [0.2, 0.25) is 11.8 Å². The van der Waals surface area contributed by atoms with Gasteiger partial charge in [-0.05, 0) is 45.4 Å². The number of hydrogen-bond donors (Lipinski definition) is 2. The Morgan fingerprint density at radius 2 is 2.00 bits per heavy atom. The van der Waals surface area contributed by atoms with Crippen molar-refractivity contribution in [2.45, 2.75) is 44.9 Å². The van der Waals surface area contributed by atoms with Crippen LogP contribution in [0.1, 0.15) is 26.3 Å². The van der Waals surface area contributed by atoms with Crippen molar-refractivity contribution in [2.24, 2.45) is 11.8 Å². The molecule has 154 valence electrons. The zero-order valence-corrected chi connectivity index (χ0v) is 17.5. The van der Waals surface area contributed by atoms with Crippen LogP contribution < -0.4 is 15.5 Å². The average molecular weight is 418 g/mol. The van der Waals surface area contributed by atoms with Crippen LogP contribution >= 0.6 is 11.6 Å². The fourth-order valence-corrected chi connectivity index (χ4v) is 4.46. The van der Waals surface area contributed by atoms with Crippen molar-refractivity contribution in [1.82, 2.24) is 10.6 Å². The molecular weight excluding hydrogens is 394 g/mol. The van der Waals surface area contributed by atoms with Crippen molar-refractivity contribution in [2.75, 3.05) is 11.4 Å². The smallest absolute Gasteiger partial charge is 0.315 e. The van der Waals surface area contributed by atoms with Gasteiger partial charge in [0.05, 0.1) is 30.2 Å². The Bertz CT molecular complexity index is 938. The van der Waals surface area contributed by atoms with Gasteiger partial charge in [-0.3, -0.25) is 9.59 Å². The molecule has 0 saturated carbocycles. The van der Waals surface area contributed by atoms with E-state index >= 15 is 0 Å². The molecule has 4 atom stereocenters. The maximum Gasteiger partial charge on any atom is 0.315 e. The molecule has 1 aromatic carbocycles. The highest BCUT2D eigenvalue weighted by molar-refractivity contribution is 6.32. The van der Waals surface area contributed by atoms with Crippen LogP contribution in [0, 0.1) is 18.8 Å². The monoisotopic (exact) mass is 417 g/mol. The van der Waals surface area contributed by atoms with E-state index in [0.717, 1.165) is 5.56 Å². The van der Waals surface area contributed by atoms with E-state index in [0.29, 0.717) is 10.7 Å². The fourth-order valence-electron chi connectivity index (χ4n) is 4.28. The molecule has 3 aliphatic rings. The highest BCUT2D eigenvalue weighted by Crippen LogP contribution is 2.52. The van der Waals surface area contributed by atoms with E-state index < -0.39 is 29.1 Å². The fraction of sp³-hybridized carbons (Fsp3) is 0.476. The van der Waals surface area contributed by atoms with Crippen molar-refractivity contribution in [3.8, 4) is 0 Å². The SMILES string of the molecule is Cc1ccc(N2C(=O)C3C4C=CC(CNC(=O)NC(C)(C)C)(O4)C3C2=O)cc1Cl. The molecule has 2 saturated heterocycles. The van der Waals surface area contributed by atoms with Crippen molar-refractivity contribution < 1.29 is 19.1 Å². The minimum Gasteiger partial charge on any atom is -0.360 e. The summed E-state index contributed by atoms with van der Waals surface area (Å²) < 4.78 is 6.03. The first-order valence-corrected chi connectivity index (χ1v) is 9.97. The Kier molecular flexibility index (Phi) is 4.51. The summed E-state index contributed by atoms with van der Waals surface area (Å²) in [7, 11) is 0. The first kappa shape index (κ1) is 19.9. The number of rotatable bonds is 3. The third-order valence-electron chi connectivity index (χ3n) is 5.58. The number of fused-ring (bicyclic) bond motifs is 5. The number of imide groups is 1. The zero-order valence-electron chi connectivity index (χ0n) is 16.8. The molecule has 4 amide bonds. The molecule has 2 N–H and O–H groups in total. The van der Waals surface area contributed by atoms with Crippen LogP contribution in [0.15, 0.2) is 30.4 Å². The normalized spacial score (nSPS) is 30.1. The van der Waals surface area contributed by atoms with Crippen molar-refractivity contribution in [1.29, 1.82) is 0 Å². The summed E-state index contributed by atoms with van der Waals surface area (Å²) in [4.78, 5) is 39.8. The van der Waals surface area contributed by atoms with Gasteiger partial charge in [-0.1, -0.05) is 29.8 Å². The number of hydrogen-bond acceptors (Lipinski definition) is 4. The Morgan fingerprint density at radius 3 is 2.66 bits per heavy atom. The van der Waals surface area contributed by atoms with E-state index in [4.69, 9.17) is 16.3 Å². The second kappa shape index (κ2) is 6.57. The van der Waals surface area contributed by atoms with Gasteiger partial charge in [-0.25, -0.2) is 9.69 Å². The lowest BCUT2D eigenvalue weighted by Crippen LogP contribution is -2.53. The highest BCUT2D eigenvalue weighted by atomic mass is 35.5. The van der Waals surface area contributed by atoms with E-state index in [2.05, 4.69) is 10.6 Å². The molecule has 0 spiro atoms. The first-order valence-electron chi connectivity index (χ1n) is 9.60. The number of amides is 4. The number of urea groups is 1. The number of carbonyl (C=O) groups is 3. The lowest BCUT2D eigenvalue weighted by atomic mass is 9.77. The lowest BCUT2D eigenvalue weighted by molar-refractivity contribution is -0.126. The summed E-state index contributed by atoms with van der Waals surface area (Å²) in [5.74, 6) is -1.90. The van der Waals surface area contributed by atoms with Crippen LogP contribution in [0.4, 0.5) is 10.5 Å². The topological polar surface area (TPSA) is 87.7 Å². The van der Waals surface area contributed by atoms with E-state index in [1.165, 1.54) is 4.90 Å². The molecule has 0 radical (unpaired) electrons. The number of halogens is 1. The molecule has 8 heteroatoms. The van der Waals surface area contributed by atoms with Gasteiger partial charge < -0.3 is 15.4 Å². The molecule has 7 nitrogen and oxygen atoms in total. The molecular formula is C21H24ClN3O4. The molecule has 29 heavy (non-hydrogen) atoms. The van der Waals surface area contributed by atoms with Crippen molar-refractivity contribution in [3.05, 3.63) is 40.9 Å². The van der Waals surface area contributed by atoms with Gasteiger partial charge in [-0.15, -0.1) is 0 Å². The summed E-state index contributed by atoms with van der Waals surface area (Å²) in [5, 5.41) is 6.10. The largest absolute Gasteiger partial charge is 0.360 e. The second-order valence-electron chi connectivity index (χ2n) is 8.90. The van der Waals surface area contributed by atoms with Crippen LogP contribution in [-0.4, -0.2) is 41.6 Å². The van der Waals surface area contributed by atoms with E-state index in [9.17, 15) is 14.4 Å². The summed E-state index contributed by atoms with van der Waals surface area (Å²) in [6, 6.07) is 4.78. The van der Waals surface area contributed by atoms with Crippen LogP contribution in [0.5, 0.6) is 0 Å². The van der Waals surface area contributed by atoms with Gasteiger partial charge >= 0.3 is 6.03 Å². The van der Waals surface area contributed by atoms with Gasteiger partial charge in [0, 0.05) is 10.6 Å². The number of benzene rings is 1. The third kappa shape index (κ3) is 3.22. The van der Waals surface area contributed by atoms with Gasteiger partial charge in [-0.2, -0.15) is 0 Å². The number of aryl methyl sites for hydroxylation is 1. The van der Waals surface area contributed by atoms with E-state index in [-0.39, 0.29) is 24.4 Å². The number of carbonyl (C=O) groups excluding carboxylic acids is 3. The summed E-state index contributed by atoms with van der Waals surface area (Å²) in [6.07, 6.45) is 3.13. The maximum atomic E-state index is 13.3.